The molecule has 6 heteroatoms. The van der Waals surface area contributed by atoms with E-state index < -0.39 is 6.04 Å². The van der Waals surface area contributed by atoms with Gasteiger partial charge >= 0.3 is 0 Å². The molecule has 1 saturated carbocycles. The lowest BCUT2D eigenvalue weighted by Gasteiger charge is -2.23. The minimum absolute atomic E-state index is 0.207. The Morgan fingerprint density at radius 1 is 1.19 bits per heavy atom. The minimum Gasteiger partial charge on any atom is -0.354 e. The van der Waals surface area contributed by atoms with E-state index in [-0.39, 0.29) is 17.3 Å². The van der Waals surface area contributed by atoms with Crippen LogP contribution in [0.25, 0.3) is 11.3 Å². The smallest absolute Gasteiger partial charge is 0.267 e. The molecule has 0 bridgehead atoms. The van der Waals surface area contributed by atoms with Gasteiger partial charge in [-0.25, -0.2) is 9.07 Å². The highest BCUT2D eigenvalue weighted by Crippen LogP contribution is 2.23. The standard InChI is InChI=1S/C20H24FN3O2/c1-14(20(26)22-13-15-5-3-2-4-6-15)24-19(25)12-11-18(23-24)16-7-9-17(21)10-8-16/h7-12,14-15H,2-6,13H2,1H3,(H,22,26). The van der Waals surface area contributed by atoms with Gasteiger partial charge in [-0.15, -0.1) is 0 Å². The summed E-state index contributed by atoms with van der Waals surface area (Å²) in [5, 5.41) is 7.27. The summed E-state index contributed by atoms with van der Waals surface area (Å²) in [6.45, 7) is 2.31. The second-order valence-corrected chi connectivity index (χ2v) is 6.93. The highest BCUT2D eigenvalue weighted by Gasteiger charge is 2.20. The molecule has 0 spiro atoms. The van der Waals surface area contributed by atoms with E-state index in [4.69, 9.17) is 0 Å². The summed E-state index contributed by atoms with van der Waals surface area (Å²) in [5.41, 5.74) is 0.877. The van der Waals surface area contributed by atoms with E-state index in [1.165, 1.54) is 42.1 Å². The van der Waals surface area contributed by atoms with Crippen LogP contribution in [0.15, 0.2) is 41.2 Å². The van der Waals surface area contributed by atoms with Crippen molar-refractivity contribution >= 4 is 5.91 Å². The van der Waals surface area contributed by atoms with E-state index in [9.17, 15) is 14.0 Å². The Balaban J connectivity index is 1.72. The molecule has 0 saturated heterocycles. The summed E-state index contributed by atoms with van der Waals surface area (Å²) in [7, 11) is 0. The number of nitrogens with zero attached hydrogens (tertiary/aromatic N) is 2. The van der Waals surface area contributed by atoms with Gasteiger partial charge in [-0.05, 0) is 56.0 Å². The van der Waals surface area contributed by atoms with Gasteiger partial charge < -0.3 is 5.32 Å². The SMILES string of the molecule is CC(C(=O)NCC1CCCCC1)n1nc(-c2ccc(F)cc2)ccc1=O. The van der Waals surface area contributed by atoms with Crippen LogP contribution in [0, 0.1) is 11.7 Å². The molecule has 2 aromatic rings. The molecule has 0 aliphatic heterocycles. The maximum Gasteiger partial charge on any atom is 0.267 e. The maximum atomic E-state index is 13.1. The van der Waals surface area contributed by atoms with Crippen LogP contribution in [-0.4, -0.2) is 22.2 Å². The summed E-state index contributed by atoms with van der Waals surface area (Å²) in [5.74, 6) is -0.0194. The normalized spacial score (nSPS) is 16.2. The van der Waals surface area contributed by atoms with E-state index in [0.29, 0.717) is 23.7 Å². The monoisotopic (exact) mass is 357 g/mol. The van der Waals surface area contributed by atoms with Crippen LogP contribution in [0.2, 0.25) is 0 Å². The van der Waals surface area contributed by atoms with E-state index >= 15 is 0 Å². The average molecular weight is 357 g/mol. The van der Waals surface area contributed by atoms with E-state index in [1.54, 1.807) is 25.1 Å². The zero-order valence-corrected chi connectivity index (χ0v) is 15.0. The molecule has 26 heavy (non-hydrogen) atoms. The van der Waals surface area contributed by atoms with Crippen LogP contribution < -0.4 is 10.9 Å². The number of carbonyl (C=O) groups excluding carboxylic acids is 1. The Labute approximate surface area is 152 Å². The first kappa shape index (κ1) is 18.3. The molecule has 5 nitrogen and oxygen atoms in total. The predicted molar refractivity (Wildman–Crippen MR) is 98.2 cm³/mol. The Bertz CT molecular complexity index is 811. The molecule has 1 fully saturated rings. The second-order valence-electron chi connectivity index (χ2n) is 6.93. The van der Waals surface area contributed by atoms with Crippen LogP contribution in [0.3, 0.4) is 0 Å². The molecule has 0 radical (unpaired) electrons. The lowest BCUT2D eigenvalue weighted by Crippen LogP contribution is -2.39. The first-order valence-corrected chi connectivity index (χ1v) is 9.18. The van der Waals surface area contributed by atoms with Gasteiger partial charge in [-0.1, -0.05) is 19.3 Å². The molecule has 1 amide bonds. The van der Waals surface area contributed by atoms with Gasteiger partial charge in [0.05, 0.1) is 5.69 Å². The fourth-order valence-corrected chi connectivity index (χ4v) is 3.37. The van der Waals surface area contributed by atoms with Crippen molar-refractivity contribution < 1.29 is 9.18 Å². The van der Waals surface area contributed by atoms with Crippen molar-refractivity contribution in [3.05, 3.63) is 52.6 Å². The molecular weight excluding hydrogens is 333 g/mol. The van der Waals surface area contributed by atoms with E-state index in [1.807, 2.05) is 0 Å². The van der Waals surface area contributed by atoms with Crippen molar-refractivity contribution in [2.24, 2.45) is 5.92 Å². The summed E-state index contributed by atoms with van der Waals surface area (Å²) < 4.78 is 14.3. The van der Waals surface area contributed by atoms with Crippen LogP contribution in [0.5, 0.6) is 0 Å². The Morgan fingerprint density at radius 3 is 2.58 bits per heavy atom. The van der Waals surface area contributed by atoms with Gasteiger partial charge in [0.15, 0.2) is 0 Å². The summed E-state index contributed by atoms with van der Waals surface area (Å²) in [6.07, 6.45) is 6.00. The first-order chi connectivity index (χ1) is 12.5. The molecule has 1 heterocycles. The third kappa shape index (κ3) is 4.36. The fraction of sp³-hybridized carbons (Fsp3) is 0.450. The number of hydrogen-bond donors (Lipinski definition) is 1. The number of amides is 1. The van der Waals surface area contributed by atoms with Crippen molar-refractivity contribution in [3.63, 3.8) is 0 Å². The quantitative estimate of drug-likeness (QED) is 0.893. The molecule has 1 aliphatic rings. The van der Waals surface area contributed by atoms with Crippen LogP contribution in [0.1, 0.15) is 45.1 Å². The van der Waals surface area contributed by atoms with E-state index in [0.717, 1.165) is 12.8 Å². The average Bonchev–Trinajstić information content (AvgIpc) is 2.67. The zero-order valence-electron chi connectivity index (χ0n) is 15.0. The van der Waals surface area contributed by atoms with Gasteiger partial charge in [0.1, 0.15) is 11.9 Å². The molecule has 1 aliphatic carbocycles. The lowest BCUT2D eigenvalue weighted by molar-refractivity contribution is -0.124. The second kappa shape index (κ2) is 8.25. The van der Waals surface area contributed by atoms with Crippen molar-refractivity contribution in [2.45, 2.75) is 45.1 Å². The van der Waals surface area contributed by atoms with E-state index in [2.05, 4.69) is 10.4 Å². The first-order valence-electron chi connectivity index (χ1n) is 9.18. The molecule has 1 N–H and O–H groups in total. The Hall–Kier alpha value is -2.50. The highest BCUT2D eigenvalue weighted by molar-refractivity contribution is 5.79. The maximum absolute atomic E-state index is 13.1. The molecule has 1 aromatic heterocycles. The topological polar surface area (TPSA) is 64.0 Å². The van der Waals surface area contributed by atoms with Crippen molar-refractivity contribution in [2.75, 3.05) is 6.54 Å². The van der Waals surface area contributed by atoms with Gasteiger partial charge in [0, 0.05) is 18.2 Å². The number of halogens is 1. The molecular formula is C20H24FN3O2. The van der Waals surface area contributed by atoms with Crippen LogP contribution in [-0.2, 0) is 4.79 Å². The third-order valence-corrected chi connectivity index (χ3v) is 5.00. The fourth-order valence-electron chi connectivity index (χ4n) is 3.37. The Morgan fingerprint density at radius 2 is 1.88 bits per heavy atom. The largest absolute Gasteiger partial charge is 0.354 e. The molecule has 1 atom stereocenters. The minimum atomic E-state index is -0.702. The Kier molecular flexibility index (Phi) is 5.81. The lowest BCUT2D eigenvalue weighted by atomic mass is 9.89. The number of aromatic nitrogens is 2. The predicted octanol–water partition coefficient (Wildman–Crippen LogP) is 3.31. The number of nitrogens with one attached hydrogen (secondary N) is 1. The molecule has 1 unspecified atom stereocenters. The van der Waals surface area contributed by atoms with Gasteiger partial charge in [-0.3, -0.25) is 9.59 Å². The molecule has 138 valence electrons. The number of rotatable bonds is 5. The zero-order chi connectivity index (χ0) is 18.5. The number of carbonyl (C=O) groups is 1. The number of benzene rings is 1. The summed E-state index contributed by atoms with van der Waals surface area (Å²) in [4.78, 5) is 24.6. The van der Waals surface area contributed by atoms with Crippen molar-refractivity contribution in [1.82, 2.24) is 15.1 Å². The van der Waals surface area contributed by atoms with Crippen LogP contribution in [0.4, 0.5) is 4.39 Å². The van der Waals surface area contributed by atoms with Crippen LogP contribution >= 0.6 is 0 Å². The highest BCUT2D eigenvalue weighted by atomic mass is 19.1. The number of hydrogen-bond acceptors (Lipinski definition) is 3. The third-order valence-electron chi connectivity index (χ3n) is 5.00. The van der Waals surface area contributed by atoms with Crippen molar-refractivity contribution in [3.8, 4) is 11.3 Å². The van der Waals surface area contributed by atoms with Crippen molar-refractivity contribution in [1.29, 1.82) is 0 Å². The molecule has 3 rings (SSSR count). The van der Waals surface area contributed by atoms with Gasteiger partial charge in [0.2, 0.25) is 5.91 Å². The summed E-state index contributed by atoms with van der Waals surface area (Å²) in [6, 6.07) is 8.14. The van der Waals surface area contributed by atoms with Gasteiger partial charge in [0.25, 0.3) is 5.56 Å². The summed E-state index contributed by atoms with van der Waals surface area (Å²) >= 11 is 0. The molecule has 1 aromatic carbocycles. The van der Waals surface area contributed by atoms with Gasteiger partial charge in [-0.2, -0.15) is 5.10 Å².